The quantitative estimate of drug-likeness (QED) is 0.561. The second kappa shape index (κ2) is 11.0. The Kier molecular flexibility index (Phi) is 8.69. The third-order valence-corrected chi connectivity index (χ3v) is 6.48. The van der Waals surface area contributed by atoms with Gasteiger partial charge in [-0.15, -0.1) is 0 Å². The van der Waals surface area contributed by atoms with Gasteiger partial charge < -0.3 is 19.7 Å². The fourth-order valence-corrected chi connectivity index (χ4v) is 4.19. The number of nitrogens with one attached hydrogen (secondary N) is 1. The largest absolute Gasteiger partial charge is 0.497 e. The molecule has 0 radical (unpaired) electrons. The highest BCUT2D eigenvalue weighted by atomic mass is 32.2. The number of likely N-dealkylation sites (N-methyl/N-ethyl adjacent to an activating group) is 1. The molecule has 9 nitrogen and oxygen atoms in total. The van der Waals surface area contributed by atoms with Crippen LogP contribution in [0.2, 0.25) is 0 Å². The maximum Gasteiger partial charge on any atom is 0.244 e. The molecular weight excluding hydrogens is 446 g/mol. The zero-order chi connectivity index (χ0) is 24.8. The summed E-state index contributed by atoms with van der Waals surface area (Å²) in [4.78, 5) is 27.2. The minimum Gasteiger partial charge on any atom is -0.497 e. The SMILES string of the molecule is CNC(=O)[C@H](C)N(Cc1ccccc1C)C(=O)CN(c1cc(OC)ccc1OC)S(C)(=O)=O. The lowest BCUT2D eigenvalue weighted by Crippen LogP contribution is -2.50. The van der Waals surface area contributed by atoms with Crippen molar-refractivity contribution in [1.82, 2.24) is 10.2 Å². The number of carbonyl (C=O) groups excluding carboxylic acids is 2. The lowest BCUT2D eigenvalue weighted by atomic mass is 10.1. The maximum atomic E-state index is 13.5. The van der Waals surface area contributed by atoms with Gasteiger partial charge >= 0.3 is 0 Å². The molecule has 0 aliphatic heterocycles. The van der Waals surface area contributed by atoms with Crippen LogP contribution in [0.5, 0.6) is 11.5 Å². The highest BCUT2D eigenvalue weighted by molar-refractivity contribution is 7.92. The number of benzene rings is 2. The summed E-state index contributed by atoms with van der Waals surface area (Å²) in [6.45, 7) is 3.14. The molecule has 2 rings (SSSR count). The molecule has 10 heteroatoms. The van der Waals surface area contributed by atoms with Gasteiger partial charge in [-0.2, -0.15) is 0 Å². The van der Waals surface area contributed by atoms with E-state index in [1.54, 1.807) is 19.1 Å². The molecule has 0 fully saturated rings. The van der Waals surface area contributed by atoms with Gasteiger partial charge in [-0.25, -0.2) is 8.42 Å². The fraction of sp³-hybridized carbons (Fsp3) is 0.391. The number of sulfonamides is 1. The minimum absolute atomic E-state index is 0.146. The number of amides is 2. The Morgan fingerprint density at radius 2 is 1.76 bits per heavy atom. The lowest BCUT2D eigenvalue weighted by molar-refractivity contribution is -0.139. The molecule has 180 valence electrons. The van der Waals surface area contributed by atoms with Crippen LogP contribution in [0.15, 0.2) is 42.5 Å². The number of hydrogen-bond acceptors (Lipinski definition) is 6. The first-order chi connectivity index (χ1) is 15.5. The van der Waals surface area contributed by atoms with Crippen LogP contribution >= 0.6 is 0 Å². The summed E-state index contributed by atoms with van der Waals surface area (Å²) >= 11 is 0. The second-order valence-electron chi connectivity index (χ2n) is 7.55. The molecule has 0 aromatic heterocycles. The van der Waals surface area contributed by atoms with E-state index in [2.05, 4.69) is 5.32 Å². The Labute approximate surface area is 195 Å². The van der Waals surface area contributed by atoms with Crippen molar-refractivity contribution in [2.24, 2.45) is 0 Å². The number of hydrogen-bond donors (Lipinski definition) is 1. The first-order valence-corrected chi connectivity index (χ1v) is 12.1. The van der Waals surface area contributed by atoms with Gasteiger partial charge in [0.2, 0.25) is 21.8 Å². The molecule has 0 aliphatic rings. The summed E-state index contributed by atoms with van der Waals surface area (Å²) in [5.74, 6) is -0.229. The molecule has 0 bridgehead atoms. The van der Waals surface area contributed by atoms with E-state index in [-0.39, 0.29) is 23.9 Å². The zero-order valence-electron chi connectivity index (χ0n) is 19.8. The second-order valence-corrected chi connectivity index (χ2v) is 9.45. The van der Waals surface area contributed by atoms with E-state index in [1.807, 2.05) is 31.2 Å². The van der Waals surface area contributed by atoms with Crippen molar-refractivity contribution in [2.45, 2.75) is 26.4 Å². The summed E-state index contributed by atoms with van der Waals surface area (Å²) in [5, 5.41) is 2.55. The number of anilines is 1. The first kappa shape index (κ1) is 26.0. The standard InChI is InChI=1S/C23H31N3O6S/c1-16-9-7-8-10-18(16)14-25(17(2)23(28)24-3)22(27)15-26(33(6,29)30)20-13-19(31-4)11-12-21(20)32-5/h7-13,17H,14-15H2,1-6H3,(H,24,28)/t17-/m0/s1. The number of carbonyl (C=O) groups is 2. The van der Waals surface area contributed by atoms with Gasteiger partial charge in [0, 0.05) is 19.7 Å². The molecule has 0 heterocycles. The number of methoxy groups -OCH3 is 2. The van der Waals surface area contributed by atoms with Crippen LogP contribution in [0.3, 0.4) is 0 Å². The number of nitrogens with zero attached hydrogens (tertiary/aromatic N) is 2. The number of ether oxygens (including phenoxy) is 2. The summed E-state index contributed by atoms with van der Waals surface area (Å²) in [7, 11) is 0.462. The molecule has 0 spiro atoms. The Bertz CT molecular complexity index is 1100. The molecule has 0 aliphatic carbocycles. The average Bonchev–Trinajstić information content (AvgIpc) is 2.79. The van der Waals surface area contributed by atoms with Gasteiger partial charge in [0.25, 0.3) is 0 Å². The van der Waals surface area contributed by atoms with Gasteiger partial charge in [0.05, 0.1) is 26.2 Å². The van der Waals surface area contributed by atoms with Crippen LogP contribution in [0.1, 0.15) is 18.1 Å². The molecule has 33 heavy (non-hydrogen) atoms. The van der Waals surface area contributed by atoms with Gasteiger partial charge in [-0.1, -0.05) is 24.3 Å². The monoisotopic (exact) mass is 477 g/mol. The third kappa shape index (κ3) is 6.38. The van der Waals surface area contributed by atoms with Crippen LogP contribution < -0.4 is 19.1 Å². The van der Waals surface area contributed by atoms with E-state index in [4.69, 9.17) is 9.47 Å². The molecule has 2 aromatic carbocycles. The average molecular weight is 478 g/mol. The molecule has 1 N–H and O–H groups in total. The van der Waals surface area contributed by atoms with Crippen LogP contribution in [-0.4, -0.2) is 65.2 Å². The molecule has 2 aromatic rings. The summed E-state index contributed by atoms with van der Waals surface area (Å²) in [6, 6.07) is 11.4. The Morgan fingerprint density at radius 1 is 1.09 bits per heavy atom. The third-order valence-electron chi connectivity index (χ3n) is 5.35. The van der Waals surface area contributed by atoms with E-state index in [0.717, 1.165) is 21.7 Å². The predicted octanol–water partition coefficient (Wildman–Crippen LogP) is 1.94. The highest BCUT2D eigenvalue weighted by Crippen LogP contribution is 2.34. The van der Waals surface area contributed by atoms with Crippen molar-refractivity contribution in [1.29, 1.82) is 0 Å². The fourth-order valence-electron chi connectivity index (χ4n) is 3.35. The van der Waals surface area contributed by atoms with Crippen LogP contribution in [0, 0.1) is 6.92 Å². The maximum absolute atomic E-state index is 13.5. The Balaban J connectivity index is 2.49. The van der Waals surface area contributed by atoms with Gasteiger partial charge in [-0.3, -0.25) is 13.9 Å². The van der Waals surface area contributed by atoms with Crippen LogP contribution in [0.25, 0.3) is 0 Å². The first-order valence-electron chi connectivity index (χ1n) is 10.3. The summed E-state index contributed by atoms with van der Waals surface area (Å²) in [5.41, 5.74) is 1.97. The van der Waals surface area contributed by atoms with Gasteiger partial charge in [0.1, 0.15) is 24.1 Å². The van der Waals surface area contributed by atoms with Crippen molar-refractivity contribution in [3.8, 4) is 11.5 Å². The van der Waals surface area contributed by atoms with Gasteiger partial charge in [0.15, 0.2) is 0 Å². The van der Waals surface area contributed by atoms with E-state index in [0.29, 0.717) is 5.75 Å². The number of rotatable bonds is 10. The van der Waals surface area contributed by atoms with E-state index in [1.165, 1.54) is 32.2 Å². The molecule has 0 unspecified atom stereocenters. The van der Waals surface area contributed by atoms with Crippen molar-refractivity contribution >= 4 is 27.5 Å². The van der Waals surface area contributed by atoms with E-state index >= 15 is 0 Å². The van der Waals surface area contributed by atoms with Crippen molar-refractivity contribution < 1.29 is 27.5 Å². The van der Waals surface area contributed by atoms with Crippen molar-refractivity contribution in [3.05, 3.63) is 53.6 Å². The highest BCUT2D eigenvalue weighted by Gasteiger charge is 2.31. The van der Waals surface area contributed by atoms with Crippen molar-refractivity contribution in [2.75, 3.05) is 38.4 Å². The van der Waals surface area contributed by atoms with Crippen LogP contribution in [0.4, 0.5) is 5.69 Å². The summed E-state index contributed by atoms with van der Waals surface area (Å²) in [6.07, 6.45) is 1.01. The minimum atomic E-state index is -3.89. The van der Waals surface area contributed by atoms with E-state index < -0.39 is 28.5 Å². The summed E-state index contributed by atoms with van der Waals surface area (Å²) < 4.78 is 36.9. The molecule has 1 atom stereocenters. The Morgan fingerprint density at radius 3 is 2.30 bits per heavy atom. The molecule has 2 amide bonds. The molecule has 0 saturated heterocycles. The molecule has 0 saturated carbocycles. The van der Waals surface area contributed by atoms with Crippen LogP contribution in [-0.2, 0) is 26.2 Å². The number of aryl methyl sites for hydroxylation is 1. The molecular formula is C23H31N3O6S. The van der Waals surface area contributed by atoms with Gasteiger partial charge in [-0.05, 0) is 37.1 Å². The van der Waals surface area contributed by atoms with E-state index in [9.17, 15) is 18.0 Å². The normalized spacial score (nSPS) is 11.9. The van der Waals surface area contributed by atoms with Crippen molar-refractivity contribution in [3.63, 3.8) is 0 Å². The predicted molar refractivity (Wildman–Crippen MR) is 127 cm³/mol. The Hall–Kier alpha value is -3.27. The lowest BCUT2D eigenvalue weighted by Gasteiger charge is -2.32. The topological polar surface area (TPSA) is 105 Å². The zero-order valence-corrected chi connectivity index (χ0v) is 20.6. The smallest absolute Gasteiger partial charge is 0.244 e.